The highest BCUT2D eigenvalue weighted by molar-refractivity contribution is 6.30. The first-order valence-corrected chi connectivity index (χ1v) is 5.90. The fourth-order valence-corrected chi connectivity index (χ4v) is 1.41. The van der Waals surface area contributed by atoms with Crippen molar-refractivity contribution in [1.82, 2.24) is 0 Å². The minimum atomic E-state index is 0.747. The topological polar surface area (TPSA) is 25.8 Å². The zero-order valence-corrected chi connectivity index (χ0v) is 9.96. The normalized spacial score (nSPS) is 10.3. The molecule has 0 radical (unpaired) electrons. The highest BCUT2D eigenvalue weighted by atomic mass is 35.5. The van der Waals surface area contributed by atoms with Crippen LogP contribution < -0.4 is 10.1 Å². The van der Waals surface area contributed by atoms with E-state index in [-0.39, 0.29) is 0 Å². The van der Waals surface area contributed by atoms with Gasteiger partial charge in [-0.25, -0.2) is 0 Å². The van der Waals surface area contributed by atoms with E-state index < -0.39 is 0 Å². The Morgan fingerprint density at radius 2 is 1.93 bits per heavy atom. The van der Waals surface area contributed by atoms with Crippen molar-refractivity contribution in [2.75, 3.05) is 19.7 Å². The zero-order valence-electron chi connectivity index (χ0n) is 9.21. The molecule has 84 valence electrons. The Morgan fingerprint density at radius 1 is 1.20 bits per heavy atom. The van der Waals surface area contributed by atoms with E-state index >= 15 is 0 Å². The highest BCUT2D eigenvalue weighted by Crippen LogP contribution is 2.14. The van der Waals surface area contributed by atoms with Crippen molar-refractivity contribution in [2.24, 2.45) is 0 Å². The molecule has 2 nitrogen and oxygen atoms in total. The molecule has 3 heteroatoms. The molecule has 0 saturated carbocycles. The minimum Gasteiger partial charge on any atom is -0.488 e. The predicted octanol–water partition coefficient (Wildman–Crippen LogP) is 2.08. The van der Waals surface area contributed by atoms with E-state index in [1.165, 1.54) is 19.4 Å². The van der Waals surface area contributed by atoms with Crippen LogP contribution in [0.25, 0.3) is 0 Å². The van der Waals surface area contributed by atoms with E-state index in [4.69, 9.17) is 16.3 Å². The minimum absolute atomic E-state index is 0.747. The monoisotopic (exact) mass is 228 g/mol. The predicted molar refractivity (Wildman–Crippen MR) is 63.5 cm³/mol. The molecule has 0 aliphatic rings. The van der Waals surface area contributed by atoms with Crippen LogP contribution in [-0.4, -0.2) is 19.7 Å². The molecular formula is C12H19ClNO+. The summed E-state index contributed by atoms with van der Waals surface area (Å²) in [4.78, 5) is 0. The highest BCUT2D eigenvalue weighted by Gasteiger charge is 1.94. The lowest BCUT2D eigenvalue weighted by Crippen LogP contribution is -2.85. The van der Waals surface area contributed by atoms with Gasteiger partial charge in [0.15, 0.2) is 0 Å². The number of rotatable bonds is 7. The van der Waals surface area contributed by atoms with E-state index in [1.54, 1.807) is 0 Å². The molecule has 0 saturated heterocycles. The number of hydrogen-bond donors (Lipinski definition) is 1. The molecule has 0 aliphatic carbocycles. The van der Waals surface area contributed by atoms with Gasteiger partial charge in [-0.15, -0.1) is 0 Å². The molecule has 0 bridgehead atoms. The van der Waals surface area contributed by atoms with Crippen LogP contribution in [0.5, 0.6) is 5.75 Å². The van der Waals surface area contributed by atoms with Crippen LogP contribution in [0, 0.1) is 0 Å². The second kappa shape index (κ2) is 7.55. The van der Waals surface area contributed by atoms with Gasteiger partial charge in [0.05, 0.1) is 6.54 Å². The van der Waals surface area contributed by atoms with Gasteiger partial charge in [-0.3, -0.25) is 0 Å². The van der Waals surface area contributed by atoms with Crippen molar-refractivity contribution < 1.29 is 10.1 Å². The van der Waals surface area contributed by atoms with Crippen molar-refractivity contribution in [2.45, 2.75) is 19.8 Å². The lowest BCUT2D eigenvalue weighted by Gasteiger charge is -2.05. The Balaban J connectivity index is 2.07. The first kappa shape index (κ1) is 12.3. The van der Waals surface area contributed by atoms with Crippen LogP contribution in [0.15, 0.2) is 24.3 Å². The van der Waals surface area contributed by atoms with Gasteiger partial charge in [-0.2, -0.15) is 0 Å². The van der Waals surface area contributed by atoms with E-state index in [0.29, 0.717) is 0 Å². The van der Waals surface area contributed by atoms with E-state index in [9.17, 15) is 0 Å². The number of unbranched alkanes of at least 4 members (excludes halogenated alkanes) is 1. The fourth-order valence-electron chi connectivity index (χ4n) is 1.28. The number of halogens is 1. The quantitative estimate of drug-likeness (QED) is 0.711. The van der Waals surface area contributed by atoms with Crippen LogP contribution in [0.2, 0.25) is 5.02 Å². The average Bonchev–Trinajstić information content (AvgIpc) is 2.26. The summed E-state index contributed by atoms with van der Waals surface area (Å²) in [5.41, 5.74) is 0. The van der Waals surface area contributed by atoms with Crippen molar-refractivity contribution in [3.05, 3.63) is 29.3 Å². The van der Waals surface area contributed by atoms with Gasteiger partial charge in [-0.05, 0) is 30.7 Å². The van der Waals surface area contributed by atoms with Crippen LogP contribution >= 0.6 is 11.6 Å². The summed E-state index contributed by atoms with van der Waals surface area (Å²) in [6.07, 6.45) is 2.54. The fraction of sp³-hybridized carbons (Fsp3) is 0.500. The molecule has 15 heavy (non-hydrogen) atoms. The van der Waals surface area contributed by atoms with E-state index in [2.05, 4.69) is 12.2 Å². The zero-order chi connectivity index (χ0) is 10.9. The summed E-state index contributed by atoms with van der Waals surface area (Å²) in [6.45, 7) is 5.17. The maximum atomic E-state index is 5.77. The second-order valence-corrected chi connectivity index (χ2v) is 3.96. The van der Waals surface area contributed by atoms with E-state index in [1.807, 2.05) is 24.3 Å². The standard InChI is InChI=1S/C12H18ClNO/c1-2-3-8-14-9-10-15-12-6-4-11(13)5-7-12/h4-7,14H,2-3,8-10H2,1H3/p+1. The molecular weight excluding hydrogens is 210 g/mol. The number of hydrogen-bond acceptors (Lipinski definition) is 1. The molecule has 1 rings (SSSR count). The van der Waals surface area contributed by atoms with Gasteiger partial charge in [-0.1, -0.05) is 24.9 Å². The molecule has 0 aliphatic heterocycles. The molecule has 0 amide bonds. The Hall–Kier alpha value is -0.730. The summed E-state index contributed by atoms with van der Waals surface area (Å²) in [5, 5.41) is 3.04. The second-order valence-electron chi connectivity index (χ2n) is 3.52. The lowest BCUT2D eigenvalue weighted by molar-refractivity contribution is -0.655. The molecule has 0 aromatic heterocycles. The number of quaternary nitrogens is 1. The summed E-state index contributed by atoms with van der Waals surface area (Å²) in [5.74, 6) is 0.892. The molecule has 1 aromatic carbocycles. The van der Waals surface area contributed by atoms with Gasteiger partial charge >= 0.3 is 0 Å². The van der Waals surface area contributed by atoms with Gasteiger partial charge in [0.1, 0.15) is 18.9 Å². The van der Waals surface area contributed by atoms with E-state index in [0.717, 1.165) is 23.9 Å². The molecule has 0 spiro atoms. The van der Waals surface area contributed by atoms with Crippen molar-refractivity contribution >= 4 is 11.6 Å². The Kier molecular flexibility index (Phi) is 6.21. The molecule has 0 atom stereocenters. The number of ether oxygens (including phenoxy) is 1. The van der Waals surface area contributed by atoms with Crippen LogP contribution in [0.3, 0.4) is 0 Å². The smallest absolute Gasteiger partial charge is 0.137 e. The maximum absolute atomic E-state index is 5.77. The summed E-state index contributed by atoms with van der Waals surface area (Å²) in [6, 6.07) is 7.48. The first-order valence-electron chi connectivity index (χ1n) is 5.53. The van der Waals surface area contributed by atoms with Crippen molar-refractivity contribution in [3.8, 4) is 5.75 Å². The van der Waals surface area contributed by atoms with Gasteiger partial charge in [0, 0.05) is 5.02 Å². The lowest BCUT2D eigenvalue weighted by atomic mass is 10.3. The van der Waals surface area contributed by atoms with Gasteiger partial charge in [0.2, 0.25) is 0 Å². The van der Waals surface area contributed by atoms with Gasteiger partial charge < -0.3 is 10.1 Å². The van der Waals surface area contributed by atoms with Crippen molar-refractivity contribution in [1.29, 1.82) is 0 Å². The summed E-state index contributed by atoms with van der Waals surface area (Å²) in [7, 11) is 0. The number of benzene rings is 1. The Morgan fingerprint density at radius 3 is 2.60 bits per heavy atom. The molecule has 0 fully saturated rings. The van der Waals surface area contributed by atoms with Crippen LogP contribution in [0.4, 0.5) is 0 Å². The Bertz CT molecular complexity index is 261. The van der Waals surface area contributed by atoms with Crippen LogP contribution in [0.1, 0.15) is 19.8 Å². The summed E-state index contributed by atoms with van der Waals surface area (Å²) >= 11 is 5.77. The third-order valence-corrected chi connectivity index (χ3v) is 2.42. The number of nitrogens with two attached hydrogens (primary N) is 1. The first-order chi connectivity index (χ1) is 7.33. The van der Waals surface area contributed by atoms with Gasteiger partial charge in [0.25, 0.3) is 0 Å². The average molecular weight is 229 g/mol. The SMILES string of the molecule is CCCC[NH2+]CCOc1ccc(Cl)cc1. The summed E-state index contributed by atoms with van der Waals surface area (Å²) < 4.78 is 5.55. The molecule has 1 aromatic rings. The third kappa shape index (κ3) is 5.65. The molecule has 0 heterocycles. The van der Waals surface area contributed by atoms with Crippen LogP contribution in [-0.2, 0) is 0 Å². The molecule has 2 N–H and O–H groups in total. The maximum Gasteiger partial charge on any atom is 0.137 e. The third-order valence-electron chi connectivity index (χ3n) is 2.17. The Labute approximate surface area is 96.6 Å². The van der Waals surface area contributed by atoms with Crippen molar-refractivity contribution in [3.63, 3.8) is 0 Å². The molecule has 0 unspecified atom stereocenters. The largest absolute Gasteiger partial charge is 0.488 e.